The molecule has 0 aromatic heterocycles. The van der Waals surface area contributed by atoms with Gasteiger partial charge in [0.15, 0.2) is 6.04 Å². The molecule has 0 aliphatic heterocycles. The minimum absolute atomic E-state index is 0.0597. The Balaban J connectivity index is 3.02. The second-order valence-electron chi connectivity index (χ2n) is 6.46. The Morgan fingerprint density at radius 3 is 2.35 bits per heavy atom. The fourth-order valence-electron chi connectivity index (χ4n) is 2.24. The average Bonchev–Trinajstić information content (AvgIpc) is 2.23. The smallest absolute Gasteiger partial charge is 0.191 e. The van der Waals surface area contributed by atoms with Crippen LogP contribution in [0.1, 0.15) is 39.3 Å². The molecule has 1 N–H and O–H groups in total. The van der Waals surface area contributed by atoms with E-state index in [2.05, 4.69) is 6.72 Å². The fourth-order valence-corrected chi connectivity index (χ4v) is 4.84. The van der Waals surface area contributed by atoms with Crippen LogP contribution in [0, 0.1) is 17.0 Å². The molecule has 1 aromatic carbocycles. The van der Waals surface area contributed by atoms with Crippen molar-refractivity contribution in [2.24, 2.45) is 5.41 Å². The van der Waals surface area contributed by atoms with Crippen molar-refractivity contribution < 1.29 is 17.3 Å². The van der Waals surface area contributed by atoms with E-state index in [1.165, 1.54) is 12.1 Å². The molecule has 2 nitrogen and oxygen atoms in total. The molecule has 0 saturated carbocycles. The molecule has 20 heavy (non-hydrogen) atoms. The lowest BCUT2D eigenvalue weighted by atomic mass is 10.0. The van der Waals surface area contributed by atoms with Crippen LogP contribution in [0.4, 0.5) is 8.78 Å². The highest BCUT2D eigenvalue weighted by Gasteiger charge is 2.36. The highest BCUT2D eigenvalue weighted by atomic mass is 32.3. The molecule has 114 valence electrons. The monoisotopic (exact) mass is 304 g/mol. The lowest BCUT2D eigenvalue weighted by Crippen LogP contribution is -2.28. The summed E-state index contributed by atoms with van der Waals surface area (Å²) in [6.07, 6.45) is 1.74. The summed E-state index contributed by atoms with van der Waals surface area (Å²) < 4.78 is 39.0. The van der Waals surface area contributed by atoms with Gasteiger partial charge in [0.2, 0.25) is 0 Å². The molecule has 0 bridgehead atoms. The predicted molar refractivity (Wildman–Crippen MR) is 82.6 cm³/mol. The van der Waals surface area contributed by atoms with Crippen LogP contribution in [0.5, 0.6) is 0 Å². The van der Waals surface area contributed by atoms with E-state index in [1.807, 2.05) is 20.8 Å². The Morgan fingerprint density at radius 1 is 1.35 bits per heavy atom. The molecule has 1 aromatic rings. The van der Waals surface area contributed by atoms with Gasteiger partial charge in [-0.15, -0.1) is 0 Å². The second kappa shape index (κ2) is 5.82. The van der Waals surface area contributed by atoms with E-state index >= 15 is 0 Å². The van der Waals surface area contributed by atoms with Gasteiger partial charge in [-0.1, -0.05) is 20.8 Å². The zero-order chi connectivity index (χ0) is 15.7. The first-order valence-corrected chi connectivity index (χ1v) is 8.60. The summed E-state index contributed by atoms with van der Waals surface area (Å²) in [6.45, 7) is 11.8. The van der Waals surface area contributed by atoms with Gasteiger partial charge >= 0.3 is 0 Å². The van der Waals surface area contributed by atoms with Crippen molar-refractivity contribution in [3.05, 3.63) is 35.4 Å². The van der Waals surface area contributed by atoms with Crippen molar-refractivity contribution in [3.8, 4) is 0 Å². The van der Waals surface area contributed by atoms with Gasteiger partial charge < -0.3 is 4.55 Å². The van der Waals surface area contributed by atoms with Crippen LogP contribution in [-0.4, -0.2) is 27.3 Å². The summed E-state index contributed by atoms with van der Waals surface area (Å²) >= 11 is 0. The first kappa shape index (κ1) is 17.1. The quantitative estimate of drug-likeness (QED) is 0.637. The van der Waals surface area contributed by atoms with Crippen molar-refractivity contribution in [1.82, 2.24) is 0 Å². The first-order valence-electron chi connectivity index (χ1n) is 6.47. The van der Waals surface area contributed by atoms with Gasteiger partial charge in [0, 0.05) is 19.2 Å². The molecule has 0 heterocycles. The van der Waals surface area contributed by atoms with Crippen LogP contribution in [-0.2, 0) is 0 Å². The Kier molecular flexibility index (Phi) is 4.98. The van der Waals surface area contributed by atoms with E-state index in [-0.39, 0.29) is 5.41 Å². The van der Waals surface area contributed by atoms with Gasteiger partial charge in [0.25, 0.3) is 0 Å². The molecule has 0 amide bonds. The van der Waals surface area contributed by atoms with E-state index in [0.29, 0.717) is 11.3 Å². The van der Waals surface area contributed by atoms with Crippen LogP contribution in [0.2, 0.25) is 0 Å². The number of halogens is 2. The minimum Gasteiger partial charge on any atom is -0.301 e. The highest BCUT2D eigenvalue weighted by Crippen LogP contribution is 2.48. The molecule has 2 unspecified atom stereocenters. The topological polar surface area (TPSA) is 23.2 Å². The molecule has 0 aliphatic carbocycles. The van der Waals surface area contributed by atoms with E-state index in [0.717, 1.165) is 6.07 Å². The molecule has 1 rings (SSSR count). The summed E-state index contributed by atoms with van der Waals surface area (Å²) in [5.74, 6) is -0.656. The summed E-state index contributed by atoms with van der Waals surface area (Å²) in [6, 6.07) is 3.05. The van der Waals surface area contributed by atoms with E-state index in [1.54, 1.807) is 17.2 Å². The standard InChI is InChI=1S/C15H23F2NOS/c1-11(13-8-7-12(16)9-14(13)17)18(5)20(6,19)10-15(2,3)4/h7-9,11H,5,10H2,1-4,6H3/p+1. The molecule has 0 aliphatic rings. The summed E-state index contributed by atoms with van der Waals surface area (Å²) in [5.41, 5.74) is 0.277. The van der Waals surface area contributed by atoms with E-state index in [4.69, 9.17) is 0 Å². The van der Waals surface area contributed by atoms with Crippen molar-refractivity contribution in [1.29, 1.82) is 0 Å². The second-order valence-corrected chi connectivity index (χ2v) is 9.20. The summed E-state index contributed by atoms with van der Waals surface area (Å²) in [5, 5.41) is 0. The van der Waals surface area contributed by atoms with Crippen molar-refractivity contribution in [2.45, 2.75) is 33.7 Å². The Bertz CT molecular complexity index is 509. The van der Waals surface area contributed by atoms with Gasteiger partial charge in [-0.25, -0.2) is 8.78 Å². The van der Waals surface area contributed by atoms with Crippen molar-refractivity contribution in [3.63, 3.8) is 0 Å². The highest BCUT2D eigenvalue weighted by molar-refractivity contribution is 8.23. The Hall–Kier alpha value is -0.940. The maximum absolute atomic E-state index is 13.8. The zero-order valence-electron chi connectivity index (χ0n) is 12.8. The average molecular weight is 304 g/mol. The molecular weight excluding hydrogens is 280 g/mol. The van der Waals surface area contributed by atoms with E-state index < -0.39 is 28.2 Å². The molecule has 0 saturated heterocycles. The molecule has 0 fully saturated rings. The number of rotatable bonds is 4. The Morgan fingerprint density at radius 2 is 1.90 bits per heavy atom. The lowest BCUT2D eigenvalue weighted by Gasteiger charge is -2.33. The van der Waals surface area contributed by atoms with Crippen molar-refractivity contribution >= 4 is 17.2 Å². The third-order valence-corrected chi connectivity index (χ3v) is 5.80. The normalized spacial score (nSPS) is 18.2. The van der Waals surface area contributed by atoms with Crippen molar-refractivity contribution in [2.75, 3.05) is 12.0 Å². The summed E-state index contributed by atoms with van der Waals surface area (Å²) in [4.78, 5) is 0. The molecule has 2 atom stereocenters. The largest absolute Gasteiger partial charge is 0.301 e. The fraction of sp³-hybridized carbons (Fsp3) is 0.533. The molecule has 0 radical (unpaired) electrons. The lowest BCUT2D eigenvalue weighted by molar-refractivity contribution is -0.409. The number of hydrogen-bond acceptors (Lipinski definition) is 1. The third kappa shape index (κ3) is 4.28. The predicted octanol–water partition coefficient (Wildman–Crippen LogP) is 4.61. The third-order valence-electron chi connectivity index (χ3n) is 3.06. The van der Waals surface area contributed by atoms with Crippen LogP contribution in [0.25, 0.3) is 0 Å². The summed E-state index contributed by atoms with van der Waals surface area (Å²) in [7, 11) is -2.13. The number of hydrogen-bond donors (Lipinski definition) is 1. The van der Waals surface area contributed by atoms with Gasteiger partial charge in [0.1, 0.15) is 18.4 Å². The maximum Gasteiger partial charge on any atom is 0.191 e. The van der Waals surface area contributed by atoms with E-state index in [9.17, 15) is 13.3 Å². The minimum atomic E-state index is -2.13. The molecular formula is C15H24F2NOS+. The SMILES string of the molecule is C=[N+](C(C)c1ccc(F)cc1F)S(C)(O)CC(C)(C)C. The van der Waals surface area contributed by atoms with Gasteiger partial charge in [-0.3, -0.25) is 0 Å². The molecule has 0 spiro atoms. The van der Waals surface area contributed by atoms with Gasteiger partial charge in [-0.05, 0) is 17.5 Å². The number of nitrogens with zero attached hydrogens (tertiary/aromatic N) is 1. The van der Waals surface area contributed by atoms with Gasteiger partial charge in [0.05, 0.1) is 21.8 Å². The van der Waals surface area contributed by atoms with Crippen LogP contribution in [0.15, 0.2) is 18.2 Å². The first-order chi connectivity index (χ1) is 8.94. The van der Waals surface area contributed by atoms with Crippen LogP contribution >= 0.6 is 10.5 Å². The number of benzene rings is 1. The van der Waals surface area contributed by atoms with Crippen LogP contribution in [0.3, 0.4) is 0 Å². The van der Waals surface area contributed by atoms with Gasteiger partial charge in [-0.2, -0.15) is 3.98 Å². The maximum atomic E-state index is 13.8. The molecule has 5 heteroatoms. The zero-order valence-corrected chi connectivity index (χ0v) is 13.6. The van der Waals surface area contributed by atoms with Crippen LogP contribution < -0.4 is 0 Å². The Labute approximate surface area is 121 Å².